The van der Waals surface area contributed by atoms with Crippen molar-refractivity contribution < 1.29 is 4.74 Å². The van der Waals surface area contributed by atoms with Crippen LogP contribution in [0, 0.1) is 11.3 Å². The molecule has 4 rings (SSSR count). The van der Waals surface area contributed by atoms with Gasteiger partial charge in [-0.25, -0.2) is 0 Å². The molecule has 0 radical (unpaired) electrons. The monoisotopic (exact) mass is 342 g/mol. The maximum absolute atomic E-state index is 8.87. The summed E-state index contributed by atoms with van der Waals surface area (Å²) in [5.41, 5.74) is 2.07. The predicted molar refractivity (Wildman–Crippen MR) is 104 cm³/mol. The largest absolute Gasteiger partial charge is 0.490 e. The summed E-state index contributed by atoms with van der Waals surface area (Å²) >= 11 is 0. The number of nitrogens with zero attached hydrogens (tertiary/aromatic N) is 2. The average Bonchev–Trinajstić information content (AvgIpc) is 2.70. The molecule has 3 nitrogen and oxygen atoms in total. The number of hydrogen-bond acceptors (Lipinski definition) is 3. The zero-order chi connectivity index (χ0) is 17.8. The molecular weight excluding hydrogens is 320 g/mol. The minimum atomic E-state index is 0.256. The minimum Gasteiger partial charge on any atom is -0.490 e. The summed E-state index contributed by atoms with van der Waals surface area (Å²) in [5, 5.41) is 11.5. The van der Waals surface area contributed by atoms with E-state index < -0.39 is 0 Å². The quantitative estimate of drug-likeness (QED) is 0.686. The van der Waals surface area contributed by atoms with Gasteiger partial charge in [0.2, 0.25) is 0 Å². The summed E-state index contributed by atoms with van der Waals surface area (Å²) in [6.07, 6.45) is 2.32. The fraction of sp³-hybridized carbons (Fsp3) is 0.261. The van der Waals surface area contributed by atoms with Crippen molar-refractivity contribution in [2.75, 3.05) is 13.1 Å². The molecule has 1 saturated heterocycles. The first-order chi connectivity index (χ1) is 12.8. The standard InChI is InChI=1S/C23H22N2O/c24-16-18-8-10-21(11-9-18)26-22-12-14-25(15-13-22)17-20-6-3-5-19-4-1-2-7-23(19)20/h1-11,22H,12-15,17H2. The Kier molecular flexibility index (Phi) is 4.86. The zero-order valence-corrected chi connectivity index (χ0v) is 14.8. The van der Waals surface area contributed by atoms with Crippen molar-refractivity contribution in [3.05, 3.63) is 77.9 Å². The molecule has 0 saturated carbocycles. The second-order valence-electron chi connectivity index (χ2n) is 6.87. The van der Waals surface area contributed by atoms with E-state index in [9.17, 15) is 0 Å². The molecule has 1 fully saturated rings. The Hall–Kier alpha value is -2.83. The third-order valence-corrected chi connectivity index (χ3v) is 5.09. The van der Waals surface area contributed by atoms with Gasteiger partial charge in [0, 0.05) is 19.6 Å². The third kappa shape index (κ3) is 3.71. The van der Waals surface area contributed by atoms with Crippen LogP contribution >= 0.6 is 0 Å². The Morgan fingerprint density at radius 3 is 2.42 bits per heavy atom. The van der Waals surface area contributed by atoms with Crippen molar-refractivity contribution in [1.29, 1.82) is 5.26 Å². The lowest BCUT2D eigenvalue weighted by Gasteiger charge is -2.32. The van der Waals surface area contributed by atoms with Gasteiger partial charge < -0.3 is 4.74 Å². The zero-order valence-electron chi connectivity index (χ0n) is 14.8. The van der Waals surface area contributed by atoms with Gasteiger partial charge >= 0.3 is 0 Å². The van der Waals surface area contributed by atoms with Crippen molar-refractivity contribution in [3.8, 4) is 11.8 Å². The van der Waals surface area contributed by atoms with Crippen LogP contribution in [0.1, 0.15) is 24.0 Å². The molecule has 0 bridgehead atoms. The van der Waals surface area contributed by atoms with Gasteiger partial charge in [-0.3, -0.25) is 4.90 Å². The minimum absolute atomic E-state index is 0.256. The van der Waals surface area contributed by atoms with Gasteiger partial charge in [-0.1, -0.05) is 42.5 Å². The van der Waals surface area contributed by atoms with Crippen LogP contribution in [0.25, 0.3) is 10.8 Å². The topological polar surface area (TPSA) is 36.3 Å². The van der Waals surface area contributed by atoms with Gasteiger partial charge in [-0.2, -0.15) is 5.26 Å². The molecule has 0 N–H and O–H groups in total. The summed E-state index contributed by atoms with van der Waals surface area (Å²) in [7, 11) is 0. The number of likely N-dealkylation sites (tertiary alicyclic amines) is 1. The van der Waals surface area contributed by atoms with E-state index in [1.54, 1.807) is 0 Å². The maximum atomic E-state index is 8.87. The van der Waals surface area contributed by atoms with E-state index in [2.05, 4.69) is 53.4 Å². The molecule has 1 aliphatic rings. The van der Waals surface area contributed by atoms with Gasteiger partial charge in [-0.15, -0.1) is 0 Å². The van der Waals surface area contributed by atoms with Crippen LogP contribution in [-0.4, -0.2) is 24.1 Å². The fourth-order valence-corrected chi connectivity index (χ4v) is 3.66. The van der Waals surface area contributed by atoms with Crippen LogP contribution in [0.4, 0.5) is 0 Å². The van der Waals surface area contributed by atoms with Crippen molar-refractivity contribution in [1.82, 2.24) is 4.90 Å². The molecule has 1 aliphatic heterocycles. The Balaban J connectivity index is 1.35. The molecule has 0 aromatic heterocycles. The second kappa shape index (κ2) is 7.59. The third-order valence-electron chi connectivity index (χ3n) is 5.09. The van der Waals surface area contributed by atoms with Crippen molar-refractivity contribution in [3.63, 3.8) is 0 Å². The predicted octanol–water partition coefficient (Wildman–Crippen LogP) is 4.75. The van der Waals surface area contributed by atoms with Crippen molar-refractivity contribution in [2.24, 2.45) is 0 Å². The lowest BCUT2D eigenvalue weighted by Crippen LogP contribution is -2.37. The van der Waals surface area contributed by atoms with Crippen LogP contribution in [0.2, 0.25) is 0 Å². The first-order valence-corrected chi connectivity index (χ1v) is 9.17. The highest BCUT2D eigenvalue weighted by atomic mass is 16.5. The molecule has 0 aliphatic carbocycles. The number of rotatable bonds is 4. The van der Waals surface area contributed by atoms with E-state index in [0.29, 0.717) is 5.56 Å². The van der Waals surface area contributed by atoms with E-state index in [1.165, 1.54) is 16.3 Å². The van der Waals surface area contributed by atoms with E-state index >= 15 is 0 Å². The van der Waals surface area contributed by atoms with E-state index in [0.717, 1.165) is 38.2 Å². The summed E-state index contributed by atoms with van der Waals surface area (Å²) in [6.45, 7) is 3.08. The molecule has 0 spiro atoms. The summed E-state index contributed by atoms with van der Waals surface area (Å²) in [4.78, 5) is 2.51. The number of piperidine rings is 1. The van der Waals surface area contributed by atoms with Crippen LogP contribution in [-0.2, 0) is 6.54 Å². The number of benzene rings is 3. The van der Waals surface area contributed by atoms with Gasteiger partial charge in [0.25, 0.3) is 0 Å². The smallest absolute Gasteiger partial charge is 0.119 e. The molecular formula is C23H22N2O. The summed E-state index contributed by atoms with van der Waals surface area (Å²) < 4.78 is 6.09. The SMILES string of the molecule is N#Cc1ccc(OC2CCN(Cc3cccc4ccccc34)CC2)cc1. The molecule has 3 heteroatoms. The van der Waals surface area contributed by atoms with E-state index in [1.807, 2.05) is 24.3 Å². The highest BCUT2D eigenvalue weighted by Crippen LogP contribution is 2.23. The summed E-state index contributed by atoms with van der Waals surface area (Å²) in [6, 6.07) is 24.7. The average molecular weight is 342 g/mol. The lowest BCUT2D eigenvalue weighted by molar-refractivity contribution is 0.0970. The molecule has 0 amide bonds. The number of fused-ring (bicyclic) bond motifs is 1. The Morgan fingerprint density at radius 1 is 0.923 bits per heavy atom. The van der Waals surface area contributed by atoms with E-state index in [-0.39, 0.29) is 6.10 Å². The second-order valence-corrected chi connectivity index (χ2v) is 6.87. The van der Waals surface area contributed by atoms with Crippen LogP contribution < -0.4 is 4.74 Å². The normalized spacial score (nSPS) is 15.7. The molecule has 3 aromatic carbocycles. The molecule has 3 aromatic rings. The molecule has 0 unspecified atom stereocenters. The van der Waals surface area contributed by atoms with Gasteiger partial charge in [0.05, 0.1) is 11.6 Å². The van der Waals surface area contributed by atoms with Crippen LogP contribution in [0.15, 0.2) is 66.7 Å². The molecule has 26 heavy (non-hydrogen) atoms. The number of nitriles is 1. The van der Waals surface area contributed by atoms with Gasteiger partial charge in [0.1, 0.15) is 11.9 Å². The van der Waals surface area contributed by atoms with Crippen LogP contribution in [0.5, 0.6) is 5.75 Å². The lowest BCUT2D eigenvalue weighted by atomic mass is 10.0. The first kappa shape index (κ1) is 16.6. The van der Waals surface area contributed by atoms with E-state index in [4.69, 9.17) is 10.00 Å². The van der Waals surface area contributed by atoms with Crippen molar-refractivity contribution in [2.45, 2.75) is 25.5 Å². The fourth-order valence-electron chi connectivity index (χ4n) is 3.66. The maximum Gasteiger partial charge on any atom is 0.119 e. The Labute approximate surface area is 154 Å². The highest BCUT2D eigenvalue weighted by Gasteiger charge is 2.21. The Morgan fingerprint density at radius 2 is 1.65 bits per heavy atom. The number of hydrogen-bond donors (Lipinski definition) is 0. The Bertz CT molecular complexity index is 914. The molecule has 1 heterocycles. The molecule has 130 valence electrons. The highest BCUT2D eigenvalue weighted by molar-refractivity contribution is 5.85. The first-order valence-electron chi connectivity index (χ1n) is 9.17. The number of ether oxygens (including phenoxy) is 1. The van der Waals surface area contributed by atoms with Crippen LogP contribution in [0.3, 0.4) is 0 Å². The molecule has 0 atom stereocenters. The van der Waals surface area contributed by atoms with Crippen molar-refractivity contribution >= 4 is 10.8 Å². The van der Waals surface area contributed by atoms with Gasteiger partial charge in [-0.05, 0) is 53.4 Å². The van der Waals surface area contributed by atoms with Gasteiger partial charge in [0.15, 0.2) is 0 Å². The summed E-state index contributed by atoms with van der Waals surface area (Å²) in [5.74, 6) is 0.858.